The highest BCUT2D eigenvalue weighted by atomic mass is 19.1. The smallest absolute Gasteiger partial charge is 0.146 e. The molecule has 1 aromatic carbocycles. The van der Waals surface area contributed by atoms with Crippen LogP contribution in [0.25, 0.3) is 0 Å². The van der Waals surface area contributed by atoms with Gasteiger partial charge in [-0.3, -0.25) is 4.90 Å². The number of hydrogen-bond acceptors (Lipinski definition) is 4. The minimum atomic E-state index is -0.0912. The van der Waals surface area contributed by atoms with Gasteiger partial charge >= 0.3 is 0 Å². The molecule has 26 heavy (non-hydrogen) atoms. The van der Waals surface area contributed by atoms with Crippen LogP contribution in [0.4, 0.5) is 10.1 Å². The zero-order valence-corrected chi connectivity index (χ0v) is 16.7. The third-order valence-corrected chi connectivity index (χ3v) is 6.13. The molecular formula is C21H35FN4. The van der Waals surface area contributed by atoms with Gasteiger partial charge in [-0.1, -0.05) is 12.1 Å². The van der Waals surface area contributed by atoms with Crippen molar-refractivity contribution in [3.63, 3.8) is 0 Å². The Hall–Kier alpha value is -1.17. The molecule has 2 saturated heterocycles. The molecule has 146 valence electrons. The van der Waals surface area contributed by atoms with Gasteiger partial charge in [0, 0.05) is 44.8 Å². The van der Waals surface area contributed by atoms with Crippen LogP contribution in [-0.4, -0.2) is 87.2 Å². The highest BCUT2D eigenvalue weighted by Gasteiger charge is 2.30. The summed E-state index contributed by atoms with van der Waals surface area (Å²) in [5.41, 5.74) is 0.769. The van der Waals surface area contributed by atoms with E-state index in [1.54, 1.807) is 12.1 Å². The molecule has 2 aliphatic heterocycles. The van der Waals surface area contributed by atoms with Crippen LogP contribution in [-0.2, 0) is 0 Å². The first-order chi connectivity index (χ1) is 12.5. The van der Waals surface area contributed by atoms with E-state index < -0.39 is 0 Å². The van der Waals surface area contributed by atoms with E-state index in [9.17, 15) is 4.39 Å². The van der Waals surface area contributed by atoms with E-state index >= 15 is 0 Å². The molecule has 1 atom stereocenters. The Kier molecular flexibility index (Phi) is 6.90. The SMILES string of the molecule is CN(C)CCN(C)C1CCCN(C2CCN(c3ccccc3F)CC2)C1. The molecule has 0 bridgehead atoms. The number of rotatable bonds is 6. The zero-order chi connectivity index (χ0) is 18.5. The fourth-order valence-corrected chi connectivity index (χ4v) is 4.40. The lowest BCUT2D eigenvalue weighted by molar-refractivity contribution is 0.0717. The second-order valence-electron chi connectivity index (χ2n) is 8.24. The van der Waals surface area contributed by atoms with Gasteiger partial charge in [-0.25, -0.2) is 4.39 Å². The molecule has 2 fully saturated rings. The Morgan fingerprint density at radius 2 is 1.73 bits per heavy atom. The van der Waals surface area contributed by atoms with Gasteiger partial charge in [0.2, 0.25) is 0 Å². The molecule has 5 heteroatoms. The first-order valence-electron chi connectivity index (χ1n) is 10.1. The summed E-state index contributed by atoms with van der Waals surface area (Å²) < 4.78 is 14.0. The fourth-order valence-electron chi connectivity index (χ4n) is 4.40. The molecule has 3 rings (SSSR count). The number of para-hydroxylation sites is 1. The van der Waals surface area contributed by atoms with Crippen molar-refractivity contribution in [2.24, 2.45) is 0 Å². The van der Waals surface area contributed by atoms with Gasteiger partial charge in [-0.05, 0) is 65.5 Å². The topological polar surface area (TPSA) is 13.0 Å². The second-order valence-corrected chi connectivity index (χ2v) is 8.24. The molecular weight excluding hydrogens is 327 g/mol. The maximum Gasteiger partial charge on any atom is 0.146 e. The van der Waals surface area contributed by atoms with Gasteiger partial charge in [0.15, 0.2) is 0 Å². The van der Waals surface area contributed by atoms with E-state index in [1.165, 1.54) is 25.9 Å². The van der Waals surface area contributed by atoms with E-state index in [2.05, 4.69) is 40.7 Å². The van der Waals surface area contributed by atoms with E-state index in [1.807, 2.05) is 12.1 Å². The van der Waals surface area contributed by atoms with Crippen LogP contribution in [0.15, 0.2) is 24.3 Å². The normalized spacial score (nSPS) is 23.2. The predicted octanol–water partition coefficient (Wildman–Crippen LogP) is 2.75. The lowest BCUT2D eigenvalue weighted by Gasteiger charge is -2.44. The standard InChI is InChI=1S/C21H35FN4/c1-23(2)15-16-24(3)19-7-6-12-26(17-19)18-10-13-25(14-11-18)21-9-5-4-8-20(21)22/h4-5,8-9,18-19H,6-7,10-17H2,1-3H3. The molecule has 0 aromatic heterocycles. The summed E-state index contributed by atoms with van der Waals surface area (Å²) in [7, 11) is 6.56. The number of benzene rings is 1. The maximum atomic E-state index is 14.0. The number of likely N-dealkylation sites (tertiary alicyclic amines) is 1. The number of halogens is 1. The molecule has 0 amide bonds. The van der Waals surface area contributed by atoms with Crippen LogP contribution in [0, 0.1) is 5.82 Å². The highest BCUT2D eigenvalue weighted by molar-refractivity contribution is 5.47. The van der Waals surface area contributed by atoms with Crippen LogP contribution >= 0.6 is 0 Å². The van der Waals surface area contributed by atoms with Crippen molar-refractivity contribution in [2.75, 3.05) is 65.3 Å². The largest absolute Gasteiger partial charge is 0.369 e. The Morgan fingerprint density at radius 1 is 1.00 bits per heavy atom. The van der Waals surface area contributed by atoms with Crippen molar-refractivity contribution in [3.05, 3.63) is 30.1 Å². The average molecular weight is 363 g/mol. The zero-order valence-electron chi connectivity index (χ0n) is 16.7. The molecule has 1 unspecified atom stereocenters. The van der Waals surface area contributed by atoms with Crippen LogP contribution in [0.1, 0.15) is 25.7 Å². The molecule has 0 spiro atoms. The number of hydrogen-bond donors (Lipinski definition) is 0. The molecule has 4 nitrogen and oxygen atoms in total. The summed E-state index contributed by atoms with van der Waals surface area (Å²) in [6.07, 6.45) is 4.89. The average Bonchev–Trinajstić information content (AvgIpc) is 2.67. The maximum absolute atomic E-state index is 14.0. The quantitative estimate of drug-likeness (QED) is 0.771. The first-order valence-corrected chi connectivity index (χ1v) is 10.1. The Labute approximate surface area is 158 Å². The summed E-state index contributed by atoms with van der Waals surface area (Å²) in [5, 5.41) is 0. The molecule has 1 aromatic rings. The monoisotopic (exact) mass is 362 g/mol. The van der Waals surface area contributed by atoms with Crippen molar-refractivity contribution in [1.29, 1.82) is 0 Å². The predicted molar refractivity (Wildman–Crippen MR) is 107 cm³/mol. The molecule has 2 aliphatic rings. The van der Waals surface area contributed by atoms with Crippen LogP contribution < -0.4 is 4.90 Å². The van der Waals surface area contributed by atoms with Gasteiger partial charge < -0.3 is 14.7 Å². The lowest BCUT2D eigenvalue weighted by Crippen LogP contribution is -2.53. The number of likely N-dealkylation sites (N-methyl/N-ethyl adjacent to an activating group) is 2. The number of anilines is 1. The summed E-state index contributed by atoms with van der Waals surface area (Å²) in [4.78, 5) is 9.73. The van der Waals surface area contributed by atoms with Gasteiger partial charge in [0.1, 0.15) is 5.82 Å². The number of piperidine rings is 2. The highest BCUT2D eigenvalue weighted by Crippen LogP contribution is 2.27. The van der Waals surface area contributed by atoms with Gasteiger partial charge in [-0.2, -0.15) is 0 Å². The summed E-state index contributed by atoms with van der Waals surface area (Å²) in [5.74, 6) is -0.0912. The summed E-state index contributed by atoms with van der Waals surface area (Å²) in [6.45, 7) is 6.59. The third-order valence-electron chi connectivity index (χ3n) is 6.13. The van der Waals surface area contributed by atoms with Crippen molar-refractivity contribution >= 4 is 5.69 Å². The Morgan fingerprint density at radius 3 is 2.42 bits per heavy atom. The summed E-state index contributed by atoms with van der Waals surface area (Å²) >= 11 is 0. The van der Waals surface area contributed by atoms with Gasteiger partial charge in [0.05, 0.1) is 5.69 Å². The van der Waals surface area contributed by atoms with E-state index in [-0.39, 0.29) is 5.82 Å². The third kappa shape index (κ3) is 4.96. The number of nitrogens with zero attached hydrogens (tertiary/aromatic N) is 4. The lowest BCUT2D eigenvalue weighted by atomic mass is 9.97. The summed E-state index contributed by atoms with van der Waals surface area (Å²) in [6, 6.07) is 8.51. The van der Waals surface area contributed by atoms with E-state index in [0.29, 0.717) is 12.1 Å². The van der Waals surface area contributed by atoms with Crippen LogP contribution in [0.2, 0.25) is 0 Å². The molecule has 0 radical (unpaired) electrons. The minimum absolute atomic E-state index is 0.0912. The van der Waals surface area contributed by atoms with Gasteiger partial charge in [-0.15, -0.1) is 0 Å². The molecule has 0 N–H and O–H groups in total. The molecule has 2 heterocycles. The van der Waals surface area contributed by atoms with Crippen molar-refractivity contribution in [1.82, 2.24) is 14.7 Å². The van der Waals surface area contributed by atoms with E-state index in [4.69, 9.17) is 0 Å². The molecule has 0 saturated carbocycles. The van der Waals surface area contributed by atoms with Crippen molar-refractivity contribution in [2.45, 2.75) is 37.8 Å². The van der Waals surface area contributed by atoms with Crippen LogP contribution in [0.5, 0.6) is 0 Å². The van der Waals surface area contributed by atoms with Crippen molar-refractivity contribution < 1.29 is 4.39 Å². The Bertz CT molecular complexity index is 557. The van der Waals surface area contributed by atoms with Gasteiger partial charge in [0.25, 0.3) is 0 Å². The first kappa shape index (κ1) is 19.6. The molecule has 0 aliphatic carbocycles. The van der Waals surface area contributed by atoms with Crippen LogP contribution in [0.3, 0.4) is 0 Å². The van der Waals surface area contributed by atoms with Crippen molar-refractivity contribution in [3.8, 4) is 0 Å². The fraction of sp³-hybridized carbons (Fsp3) is 0.714. The van der Waals surface area contributed by atoms with E-state index in [0.717, 1.165) is 44.7 Å². The second kappa shape index (κ2) is 9.16. The minimum Gasteiger partial charge on any atom is -0.369 e. The Balaban J connectivity index is 1.50.